The quantitative estimate of drug-likeness (QED) is 0.436. The Bertz CT molecular complexity index is 548. The molecule has 0 unspecified atom stereocenters. The third-order valence-electron chi connectivity index (χ3n) is 2.41. The zero-order valence-corrected chi connectivity index (χ0v) is 8.88. The first-order valence-electron chi connectivity index (χ1n) is 4.89. The molecule has 4 amide bonds. The van der Waals surface area contributed by atoms with Crippen molar-refractivity contribution in [2.75, 3.05) is 0 Å². The lowest BCUT2D eigenvalue weighted by atomic mass is 9.95. The molecule has 0 bridgehead atoms. The van der Waals surface area contributed by atoms with E-state index >= 15 is 0 Å². The number of nitrogens with one attached hydrogen (secondary N) is 2. The van der Waals surface area contributed by atoms with E-state index in [1.165, 1.54) is 18.2 Å². The van der Waals surface area contributed by atoms with Gasteiger partial charge >= 0.3 is 6.03 Å². The second-order valence-electron chi connectivity index (χ2n) is 3.59. The number of nitro groups is 1. The highest BCUT2D eigenvalue weighted by Gasteiger charge is 2.35. The van der Waals surface area contributed by atoms with Crippen LogP contribution in [0, 0.1) is 10.1 Å². The van der Waals surface area contributed by atoms with Crippen molar-refractivity contribution < 1.29 is 19.3 Å². The van der Waals surface area contributed by atoms with Crippen molar-refractivity contribution in [3.63, 3.8) is 0 Å². The number of carbonyl (C=O) groups is 3. The number of benzene rings is 1. The summed E-state index contributed by atoms with van der Waals surface area (Å²) in [5.74, 6) is -2.86. The van der Waals surface area contributed by atoms with Crippen LogP contribution in [0.5, 0.6) is 0 Å². The molecule has 1 aliphatic rings. The molecule has 0 aromatic heterocycles. The predicted octanol–water partition coefficient (Wildman–Crippen LogP) is 0.0444. The maximum atomic E-state index is 11.5. The highest BCUT2D eigenvalue weighted by Crippen LogP contribution is 2.22. The van der Waals surface area contributed by atoms with Crippen LogP contribution in [0.4, 0.5) is 10.5 Å². The normalized spacial score (nSPS) is 16.1. The van der Waals surface area contributed by atoms with E-state index in [4.69, 9.17) is 0 Å². The third kappa shape index (κ3) is 2.03. The minimum atomic E-state index is -1.26. The van der Waals surface area contributed by atoms with Crippen molar-refractivity contribution in [2.24, 2.45) is 0 Å². The Morgan fingerprint density at radius 1 is 1.11 bits per heavy atom. The Hall–Kier alpha value is -2.77. The second kappa shape index (κ2) is 4.24. The zero-order valence-electron chi connectivity index (χ0n) is 8.88. The first kappa shape index (κ1) is 11.7. The molecule has 0 aliphatic carbocycles. The zero-order chi connectivity index (χ0) is 13.3. The summed E-state index contributed by atoms with van der Waals surface area (Å²) in [6.45, 7) is 0. The van der Waals surface area contributed by atoms with Gasteiger partial charge < -0.3 is 0 Å². The molecule has 1 fully saturated rings. The third-order valence-corrected chi connectivity index (χ3v) is 2.41. The van der Waals surface area contributed by atoms with Gasteiger partial charge in [-0.15, -0.1) is 0 Å². The lowest BCUT2D eigenvalue weighted by Gasteiger charge is -2.20. The molecule has 2 N–H and O–H groups in total. The molecule has 0 radical (unpaired) electrons. The molecule has 1 aromatic rings. The van der Waals surface area contributed by atoms with Crippen molar-refractivity contribution in [1.29, 1.82) is 0 Å². The maximum Gasteiger partial charge on any atom is 0.328 e. The molecular formula is C10H7N3O5. The Morgan fingerprint density at radius 3 is 2.28 bits per heavy atom. The van der Waals surface area contributed by atoms with Crippen LogP contribution in [0.3, 0.4) is 0 Å². The number of urea groups is 1. The number of barbiturate groups is 1. The van der Waals surface area contributed by atoms with Crippen LogP contribution in [0.1, 0.15) is 11.5 Å². The molecule has 1 aliphatic heterocycles. The van der Waals surface area contributed by atoms with E-state index in [0.29, 0.717) is 0 Å². The van der Waals surface area contributed by atoms with Crippen LogP contribution < -0.4 is 10.6 Å². The summed E-state index contributed by atoms with van der Waals surface area (Å²) in [6, 6.07) is 4.25. The van der Waals surface area contributed by atoms with Crippen LogP contribution in [-0.2, 0) is 9.59 Å². The summed E-state index contributed by atoms with van der Waals surface area (Å²) in [5, 5.41) is 14.5. The molecule has 8 heteroatoms. The average molecular weight is 249 g/mol. The fourth-order valence-electron chi connectivity index (χ4n) is 1.64. The SMILES string of the molecule is O=C1NC(=O)C(c2cccc([N+](=O)[O-])c2)C(=O)N1. The van der Waals surface area contributed by atoms with Crippen LogP contribution in [0.15, 0.2) is 24.3 Å². The van der Waals surface area contributed by atoms with Crippen LogP contribution in [0.25, 0.3) is 0 Å². The standard InChI is InChI=1S/C10H7N3O5/c14-8-7(9(15)12-10(16)11-8)5-2-1-3-6(4-5)13(17)18/h1-4,7H,(H2,11,12,14,15,16). The molecule has 92 valence electrons. The molecule has 2 rings (SSSR count). The number of hydrogen-bond donors (Lipinski definition) is 2. The smallest absolute Gasteiger partial charge is 0.277 e. The van der Waals surface area contributed by atoms with Crippen molar-refractivity contribution >= 4 is 23.5 Å². The summed E-state index contributed by atoms with van der Waals surface area (Å²) in [7, 11) is 0. The Balaban J connectivity index is 2.39. The van der Waals surface area contributed by atoms with E-state index in [1.54, 1.807) is 0 Å². The summed E-state index contributed by atoms with van der Waals surface area (Å²) >= 11 is 0. The average Bonchev–Trinajstić information content (AvgIpc) is 2.28. The van der Waals surface area contributed by atoms with Gasteiger partial charge in [-0.3, -0.25) is 30.3 Å². The number of non-ortho nitro benzene ring substituents is 1. The van der Waals surface area contributed by atoms with E-state index in [-0.39, 0.29) is 11.3 Å². The summed E-state index contributed by atoms with van der Waals surface area (Å²) < 4.78 is 0. The largest absolute Gasteiger partial charge is 0.328 e. The van der Waals surface area contributed by atoms with E-state index in [1.807, 2.05) is 10.6 Å². The van der Waals surface area contributed by atoms with Crippen molar-refractivity contribution in [3.05, 3.63) is 39.9 Å². The molecule has 8 nitrogen and oxygen atoms in total. The number of nitrogens with zero attached hydrogens (tertiary/aromatic N) is 1. The Morgan fingerprint density at radius 2 is 1.72 bits per heavy atom. The fraction of sp³-hybridized carbons (Fsp3) is 0.100. The predicted molar refractivity (Wildman–Crippen MR) is 57.5 cm³/mol. The van der Waals surface area contributed by atoms with E-state index in [9.17, 15) is 24.5 Å². The minimum Gasteiger partial charge on any atom is -0.277 e. The van der Waals surface area contributed by atoms with Gasteiger partial charge in [0.05, 0.1) is 4.92 Å². The number of carbonyl (C=O) groups excluding carboxylic acids is 3. The molecule has 18 heavy (non-hydrogen) atoms. The Labute approximate surface area is 100 Å². The van der Waals surface area contributed by atoms with Gasteiger partial charge in [0.25, 0.3) is 5.69 Å². The molecule has 1 saturated heterocycles. The monoisotopic (exact) mass is 249 g/mol. The first-order valence-corrected chi connectivity index (χ1v) is 4.89. The fourth-order valence-corrected chi connectivity index (χ4v) is 1.64. The first-order chi connectivity index (χ1) is 8.49. The van der Waals surface area contributed by atoms with Gasteiger partial charge in [0.15, 0.2) is 0 Å². The van der Waals surface area contributed by atoms with Gasteiger partial charge in [0.2, 0.25) is 11.8 Å². The summed E-state index contributed by atoms with van der Waals surface area (Å²) in [6.07, 6.45) is 0. The van der Waals surface area contributed by atoms with Gasteiger partial charge in [-0.2, -0.15) is 0 Å². The van der Waals surface area contributed by atoms with Gasteiger partial charge in [-0.25, -0.2) is 4.79 Å². The summed E-state index contributed by atoms with van der Waals surface area (Å²) in [4.78, 5) is 43.9. The van der Waals surface area contributed by atoms with Crippen LogP contribution in [0.2, 0.25) is 0 Å². The second-order valence-corrected chi connectivity index (χ2v) is 3.59. The van der Waals surface area contributed by atoms with Gasteiger partial charge in [-0.1, -0.05) is 12.1 Å². The minimum absolute atomic E-state index is 0.159. The van der Waals surface area contributed by atoms with Gasteiger partial charge in [0.1, 0.15) is 5.92 Å². The molecule has 0 atom stereocenters. The number of hydrogen-bond acceptors (Lipinski definition) is 5. The number of rotatable bonds is 2. The molecule has 1 heterocycles. The van der Waals surface area contributed by atoms with E-state index in [2.05, 4.69) is 0 Å². The highest BCUT2D eigenvalue weighted by molar-refractivity contribution is 6.19. The van der Waals surface area contributed by atoms with Crippen molar-refractivity contribution in [3.8, 4) is 0 Å². The molecule has 1 aromatic carbocycles. The van der Waals surface area contributed by atoms with E-state index < -0.39 is 28.7 Å². The Kier molecular flexibility index (Phi) is 2.76. The topological polar surface area (TPSA) is 118 Å². The van der Waals surface area contributed by atoms with Crippen LogP contribution >= 0.6 is 0 Å². The van der Waals surface area contributed by atoms with E-state index in [0.717, 1.165) is 6.07 Å². The number of nitro benzene ring substituents is 1. The van der Waals surface area contributed by atoms with Crippen LogP contribution in [-0.4, -0.2) is 22.8 Å². The molecule has 0 spiro atoms. The maximum absolute atomic E-state index is 11.5. The lowest BCUT2D eigenvalue weighted by molar-refractivity contribution is -0.384. The van der Waals surface area contributed by atoms with Crippen molar-refractivity contribution in [2.45, 2.75) is 5.92 Å². The lowest BCUT2D eigenvalue weighted by Crippen LogP contribution is -2.54. The van der Waals surface area contributed by atoms with Gasteiger partial charge in [-0.05, 0) is 5.56 Å². The van der Waals surface area contributed by atoms with Gasteiger partial charge in [0, 0.05) is 12.1 Å². The molecular weight excluding hydrogens is 242 g/mol. The van der Waals surface area contributed by atoms with Crippen molar-refractivity contribution in [1.82, 2.24) is 10.6 Å². The summed E-state index contributed by atoms with van der Waals surface area (Å²) in [5.41, 5.74) is -0.0725. The number of imide groups is 2. The highest BCUT2D eigenvalue weighted by atomic mass is 16.6. The molecule has 0 saturated carbocycles. The number of amides is 4.